The first-order valence-corrected chi connectivity index (χ1v) is 5.50. The molecular weight excluding hydrogens is 320 g/mol. The Hall–Kier alpha value is 2.40. The van der Waals surface area contributed by atoms with Gasteiger partial charge in [-0.3, -0.25) is 0 Å². The number of hydrogen-bond donors (Lipinski definition) is 0. The Morgan fingerprint density at radius 2 is 1.09 bits per heavy atom. The van der Waals surface area contributed by atoms with Crippen LogP contribution in [0.25, 0.3) is 0 Å². The van der Waals surface area contributed by atoms with E-state index in [2.05, 4.69) is 2.84 Å². The minimum absolute atomic E-state index is 0. The van der Waals surface area contributed by atoms with Crippen LogP contribution in [0.2, 0.25) is 0 Å². The van der Waals surface area contributed by atoms with Gasteiger partial charge in [0.05, 0.1) is 0 Å². The summed E-state index contributed by atoms with van der Waals surface area (Å²) in [5, 5.41) is 0. The van der Waals surface area contributed by atoms with Gasteiger partial charge in [-0.1, -0.05) is 0 Å². The molecule has 0 atom stereocenters. The van der Waals surface area contributed by atoms with Crippen molar-refractivity contribution in [3.8, 4) is 0 Å². The van der Waals surface area contributed by atoms with Crippen LogP contribution in [0.3, 0.4) is 0 Å². The van der Waals surface area contributed by atoms with Crippen LogP contribution in [0.5, 0.6) is 0 Å². The van der Waals surface area contributed by atoms with E-state index < -0.39 is 27.2 Å². The molecule has 11 heavy (non-hydrogen) atoms. The van der Waals surface area contributed by atoms with Crippen molar-refractivity contribution in [1.82, 2.24) is 0 Å². The maximum atomic E-state index is 9.38. The van der Waals surface area contributed by atoms with Crippen molar-refractivity contribution in [2.24, 2.45) is 0 Å². The third-order valence-corrected chi connectivity index (χ3v) is 2.83. The molecule has 0 spiro atoms. The molecule has 0 aliphatic carbocycles. The fourth-order valence-corrected chi connectivity index (χ4v) is 1.74. The number of rotatable bonds is 2. The quantitative estimate of drug-likeness (QED) is 0.464. The summed E-state index contributed by atoms with van der Waals surface area (Å²) in [6.45, 7) is 0. The monoisotopic (exact) mass is 319 g/mol. The zero-order valence-corrected chi connectivity index (χ0v) is 14.0. The maximum Gasteiger partial charge on any atom is 2.00 e. The van der Waals surface area contributed by atoms with Gasteiger partial charge in [0.1, 0.15) is 0 Å². The molecule has 0 rings (SSSR count). The largest absolute Gasteiger partial charge is 2.00 e. The summed E-state index contributed by atoms with van der Waals surface area (Å²) in [6, 6.07) is 0. The standard InChI is InChI=1S/2Cr.K.7O.Zn/q;;+1;;;;;;2*-1;+2. The smallest absolute Gasteiger partial charge is 2.00 e. The van der Waals surface area contributed by atoms with Crippen molar-refractivity contribution in [3.05, 3.63) is 0 Å². The Bertz CT molecular complexity index is 242. The normalized spacial score (nSPS) is 11.1. The molecule has 0 heterocycles. The molecule has 0 aliphatic heterocycles. The third kappa shape index (κ3) is 19.0. The van der Waals surface area contributed by atoms with Crippen molar-refractivity contribution < 1.29 is 124 Å². The Morgan fingerprint density at radius 3 is 1.09 bits per heavy atom. The predicted octanol–water partition coefficient (Wildman–Crippen LogP) is -5.93. The number of hydrogen-bond acceptors (Lipinski definition) is 7. The van der Waals surface area contributed by atoms with E-state index in [1.807, 2.05) is 0 Å². The van der Waals surface area contributed by atoms with Crippen LogP contribution in [-0.4, -0.2) is 0 Å². The fourth-order valence-electron chi connectivity index (χ4n) is 0.102. The SMILES string of the molecule is [K+].[O]=[Cr](=[O])([O-])[O][Cr](=[O])(=[O])[O-].[Zn+2]. The van der Waals surface area contributed by atoms with E-state index in [1.165, 1.54) is 0 Å². The topological polar surface area (TPSA) is 124 Å². The summed E-state index contributed by atoms with van der Waals surface area (Å²) in [5.41, 5.74) is 0. The maximum absolute atomic E-state index is 9.38. The molecule has 0 bridgehead atoms. The molecule has 56 valence electrons. The molecule has 0 saturated carbocycles. The van der Waals surface area contributed by atoms with Crippen molar-refractivity contribution >= 4 is 0 Å². The summed E-state index contributed by atoms with van der Waals surface area (Å²) in [7, 11) is 0. The van der Waals surface area contributed by atoms with Crippen molar-refractivity contribution in [2.45, 2.75) is 0 Å². The molecule has 0 radical (unpaired) electrons. The first-order chi connectivity index (χ1) is 3.71. The zero-order chi connectivity index (χ0) is 7.71. The van der Waals surface area contributed by atoms with Gasteiger partial charge in [0.15, 0.2) is 0 Å². The molecule has 7 nitrogen and oxygen atoms in total. The summed E-state index contributed by atoms with van der Waals surface area (Å²) < 4.78 is 58.9. The molecule has 0 unspecified atom stereocenters. The first-order valence-electron chi connectivity index (χ1n) is 1.33. The van der Waals surface area contributed by atoms with Crippen LogP contribution in [-0.2, 0) is 64.8 Å². The van der Waals surface area contributed by atoms with Crippen LogP contribution in [0.4, 0.5) is 0 Å². The van der Waals surface area contributed by atoms with Gasteiger partial charge in [-0.25, -0.2) is 0 Å². The zero-order valence-electron chi connectivity index (χ0n) is 5.38. The second-order valence-corrected chi connectivity index (χ2v) is 4.52. The van der Waals surface area contributed by atoms with Crippen LogP contribution in [0.1, 0.15) is 0 Å². The first kappa shape index (κ1) is 19.1. The molecule has 0 aromatic rings. The molecule has 0 aromatic carbocycles. The van der Waals surface area contributed by atoms with Gasteiger partial charge in [-0.15, -0.1) is 0 Å². The Kier molecular flexibility index (Phi) is 11.8. The minimum Gasteiger partial charge on any atom is 2.00 e. The Labute approximate surface area is 122 Å². The average Bonchev–Trinajstić information content (AvgIpc) is 1.14. The van der Waals surface area contributed by atoms with Crippen LogP contribution in [0.15, 0.2) is 0 Å². The molecule has 0 aromatic heterocycles. The van der Waals surface area contributed by atoms with Gasteiger partial charge < -0.3 is 0 Å². The molecule has 11 heteroatoms. The van der Waals surface area contributed by atoms with Gasteiger partial charge >= 0.3 is 124 Å². The second kappa shape index (κ2) is 6.80. The second-order valence-electron chi connectivity index (χ2n) is 0.885. The molecule has 0 aliphatic rings. The van der Waals surface area contributed by atoms with Crippen molar-refractivity contribution in [1.29, 1.82) is 0 Å². The molecule has 0 fully saturated rings. The summed E-state index contributed by atoms with van der Waals surface area (Å²) in [4.78, 5) is 0. The van der Waals surface area contributed by atoms with E-state index in [9.17, 15) is 23.5 Å². The van der Waals surface area contributed by atoms with Gasteiger partial charge in [-0.2, -0.15) is 0 Å². The van der Waals surface area contributed by atoms with E-state index in [0.29, 0.717) is 0 Å². The van der Waals surface area contributed by atoms with Gasteiger partial charge in [0.2, 0.25) is 0 Å². The minimum atomic E-state index is -6.07. The summed E-state index contributed by atoms with van der Waals surface area (Å²) in [5.74, 6) is 0. The van der Waals surface area contributed by atoms with Gasteiger partial charge in [0.25, 0.3) is 0 Å². The van der Waals surface area contributed by atoms with E-state index in [4.69, 9.17) is 0 Å². The molecule has 0 amide bonds. The van der Waals surface area contributed by atoms with E-state index >= 15 is 0 Å². The van der Waals surface area contributed by atoms with Crippen LogP contribution in [0, 0.1) is 0 Å². The Balaban J connectivity index is -0.000000320. The van der Waals surface area contributed by atoms with Gasteiger partial charge in [-0.05, 0) is 0 Å². The molecule has 0 N–H and O–H groups in total. The van der Waals surface area contributed by atoms with Crippen molar-refractivity contribution in [3.63, 3.8) is 0 Å². The van der Waals surface area contributed by atoms with Crippen LogP contribution >= 0.6 is 0 Å². The Morgan fingerprint density at radius 1 is 0.909 bits per heavy atom. The average molecular weight is 320 g/mol. The van der Waals surface area contributed by atoms with Gasteiger partial charge in [0, 0.05) is 0 Å². The molecule has 0 saturated heterocycles. The van der Waals surface area contributed by atoms with Crippen LogP contribution < -0.4 is 59.7 Å². The molecular formula is Cr2KO7Zn+. The van der Waals surface area contributed by atoms with E-state index in [-0.39, 0.29) is 70.9 Å². The summed E-state index contributed by atoms with van der Waals surface area (Å²) >= 11 is -12.1. The van der Waals surface area contributed by atoms with E-state index in [0.717, 1.165) is 0 Å². The fraction of sp³-hybridized carbons (Fsp3) is 0. The predicted molar refractivity (Wildman–Crippen MR) is 3.83 cm³/mol. The third-order valence-electron chi connectivity index (χ3n) is 0.167. The summed E-state index contributed by atoms with van der Waals surface area (Å²) in [6.07, 6.45) is 0. The van der Waals surface area contributed by atoms with E-state index in [1.54, 1.807) is 0 Å². The van der Waals surface area contributed by atoms with Crippen molar-refractivity contribution in [2.75, 3.05) is 0 Å².